The van der Waals surface area contributed by atoms with Crippen molar-refractivity contribution in [1.82, 2.24) is 0 Å². The summed E-state index contributed by atoms with van der Waals surface area (Å²) in [7, 11) is -4.27. The first-order valence-corrected chi connectivity index (χ1v) is 11.9. The Morgan fingerprint density at radius 2 is 0.909 bits per heavy atom. The van der Waals surface area contributed by atoms with E-state index in [0.717, 1.165) is 5.56 Å². The van der Waals surface area contributed by atoms with E-state index in [1.165, 1.54) is 12.1 Å². The molecule has 0 aromatic heterocycles. The third-order valence-corrected chi connectivity index (χ3v) is 6.23. The van der Waals surface area contributed by atoms with Crippen molar-refractivity contribution in [2.45, 2.75) is 59.5 Å². The first kappa shape index (κ1) is 38.6. The topological polar surface area (TPSA) is 85.4 Å². The van der Waals surface area contributed by atoms with Crippen LogP contribution in [-0.2, 0) is 16.0 Å². The van der Waals surface area contributed by atoms with Gasteiger partial charge in [-0.3, -0.25) is 0 Å². The van der Waals surface area contributed by atoms with E-state index in [1.54, 1.807) is 12.1 Å². The Balaban J connectivity index is 0.000000733. The lowest BCUT2D eigenvalue weighted by molar-refractivity contribution is -0.462. The summed E-state index contributed by atoms with van der Waals surface area (Å²) < 4.78 is 255. The fourth-order valence-electron chi connectivity index (χ4n) is 2.79. The van der Waals surface area contributed by atoms with E-state index in [0.29, 0.717) is 0 Å². The minimum atomic E-state index is -8.67. The third kappa shape index (κ3) is 6.22. The Kier molecular flexibility index (Phi) is 10.1. The number of alkyl halides is 17. The van der Waals surface area contributed by atoms with E-state index in [4.69, 9.17) is 5.39 Å². The van der Waals surface area contributed by atoms with Crippen molar-refractivity contribution in [1.29, 1.82) is 5.39 Å². The molecule has 2 aromatic carbocycles. The predicted molar refractivity (Wildman–Crippen MR) is 110 cm³/mol. The van der Waals surface area contributed by atoms with Crippen LogP contribution in [0, 0.1) is 12.3 Å². The summed E-state index contributed by atoms with van der Waals surface area (Å²) in [5.41, 5.74) is -2.18. The summed E-state index contributed by atoms with van der Waals surface area (Å²) in [6.07, 6.45) is -7.79. The zero-order valence-electron chi connectivity index (χ0n) is 20.6. The molecule has 0 spiro atoms. The molecule has 5 nitrogen and oxygen atoms in total. The molecular formula is C21H11F17N2O3S. The van der Waals surface area contributed by atoms with E-state index in [1.807, 2.05) is 6.92 Å². The number of aryl methyl sites for hydroxylation is 1. The Hall–Kier alpha value is -3.42. The molecule has 0 radical (unpaired) electrons. The van der Waals surface area contributed by atoms with Crippen LogP contribution in [0.25, 0.3) is 4.98 Å². The summed E-state index contributed by atoms with van der Waals surface area (Å²) in [6.45, 7) is 1.82. The first-order valence-electron chi connectivity index (χ1n) is 10.5. The van der Waals surface area contributed by atoms with Crippen molar-refractivity contribution in [3.63, 3.8) is 0 Å². The van der Waals surface area contributed by atoms with Gasteiger partial charge in [-0.2, -0.15) is 74.6 Å². The summed E-state index contributed by atoms with van der Waals surface area (Å²) >= 11 is 0. The molecule has 0 aliphatic rings. The molecule has 0 unspecified atom stereocenters. The van der Waals surface area contributed by atoms with Crippen LogP contribution in [0.3, 0.4) is 0 Å². The summed E-state index contributed by atoms with van der Waals surface area (Å²) in [5.74, 6) is -56.8. The number of nitrogens with zero attached hydrogens (tertiary/aromatic N) is 2. The fourth-order valence-corrected chi connectivity index (χ4v) is 3.26. The van der Waals surface area contributed by atoms with Gasteiger partial charge in [0.15, 0.2) is 4.98 Å². The second-order valence-electron chi connectivity index (χ2n) is 8.43. The maximum absolute atomic E-state index is 13.9. The number of hydrogen-bond acceptors (Lipinski definition) is 4. The van der Waals surface area contributed by atoms with Gasteiger partial charge >= 0.3 is 53.3 Å². The van der Waals surface area contributed by atoms with E-state index in [-0.39, 0.29) is 29.2 Å². The first-order chi connectivity index (χ1) is 19.3. The average Bonchev–Trinajstić information content (AvgIpc) is 2.87. The van der Waals surface area contributed by atoms with Crippen molar-refractivity contribution >= 4 is 15.8 Å². The van der Waals surface area contributed by atoms with Gasteiger partial charge in [-0.05, 0) is 31.2 Å². The average molecular weight is 694 g/mol. The Labute approximate surface area is 233 Å². The fraction of sp³-hybridized carbons (Fsp3) is 0.429. The smallest absolute Gasteiger partial charge is 0.460 e. The molecule has 248 valence electrons. The number of hydrogen-bond donors (Lipinski definition) is 0. The van der Waals surface area contributed by atoms with Gasteiger partial charge in [0.2, 0.25) is 5.39 Å². The highest BCUT2D eigenvalue weighted by molar-refractivity contribution is 7.85. The summed E-state index contributed by atoms with van der Waals surface area (Å²) in [4.78, 5) is 2.12. The summed E-state index contributed by atoms with van der Waals surface area (Å²) in [6, 6.07) is 5.54. The Morgan fingerprint density at radius 1 is 0.568 bits per heavy atom. The second-order valence-corrected chi connectivity index (χ2v) is 9.81. The van der Waals surface area contributed by atoms with Crippen LogP contribution < -0.4 is 0 Å². The monoisotopic (exact) mass is 694 g/mol. The molecule has 0 heterocycles. The summed E-state index contributed by atoms with van der Waals surface area (Å²) in [5, 5.41) is 8.29. The van der Waals surface area contributed by atoms with Gasteiger partial charge in [-0.25, -0.2) is 8.42 Å². The van der Waals surface area contributed by atoms with E-state index in [2.05, 4.69) is 4.98 Å². The SMILES string of the molecule is Cc1ccc(S(=O)(=O)[O-])cc1.N#[N+]c1ccc(C(F)(F)C(F)(F)C(F)(F)C(F)(F)C(F)(F)C(F)(F)C(F)(F)C(F)(F)F)cc1. The van der Waals surface area contributed by atoms with Gasteiger partial charge in [0.05, 0.1) is 4.90 Å². The molecule has 0 N–H and O–H groups in total. The lowest BCUT2D eigenvalue weighted by atomic mass is 9.87. The van der Waals surface area contributed by atoms with Crippen LogP contribution in [0.15, 0.2) is 53.4 Å². The molecule has 0 aliphatic carbocycles. The number of benzene rings is 2. The van der Waals surface area contributed by atoms with E-state index >= 15 is 0 Å². The maximum atomic E-state index is 13.9. The Bertz CT molecular complexity index is 1470. The molecular weight excluding hydrogens is 683 g/mol. The minimum absolute atomic E-state index is 0.169. The second kappa shape index (κ2) is 11.5. The zero-order valence-corrected chi connectivity index (χ0v) is 21.4. The van der Waals surface area contributed by atoms with Crippen molar-refractivity contribution in [3.05, 3.63) is 64.6 Å². The van der Waals surface area contributed by atoms with E-state index in [9.17, 15) is 87.6 Å². The number of rotatable bonds is 8. The van der Waals surface area contributed by atoms with Crippen LogP contribution in [0.2, 0.25) is 0 Å². The van der Waals surface area contributed by atoms with Crippen molar-refractivity contribution in [2.75, 3.05) is 0 Å². The van der Waals surface area contributed by atoms with Crippen LogP contribution in [0.5, 0.6) is 0 Å². The standard InChI is InChI=1S/C14H4F17N2.C7H8O3S/c15-7(16,5-1-3-6(33-32)4-2-5)8(17,18)9(19,20)10(21,22)11(23,24)12(25,26)13(27,28)14(29,30)31;1-6-2-4-7(5-3-6)11(8,9)10/h1-4H;2-5H,1H3,(H,8,9,10)/q+1;/p-1. The molecule has 0 saturated carbocycles. The molecule has 2 aromatic rings. The largest absolute Gasteiger partial charge is 0.744 e. The van der Waals surface area contributed by atoms with Gasteiger partial charge in [0, 0.05) is 17.7 Å². The highest BCUT2D eigenvalue weighted by Gasteiger charge is 2.95. The third-order valence-electron chi connectivity index (χ3n) is 5.38. The molecule has 0 fully saturated rings. The molecule has 0 bridgehead atoms. The molecule has 23 heteroatoms. The lowest BCUT2D eigenvalue weighted by Gasteiger charge is -2.42. The van der Waals surface area contributed by atoms with Crippen LogP contribution in [0.1, 0.15) is 11.1 Å². The molecule has 0 saturated heterocycles. The van der Waals surface area contributed by atoms with Gasteiger partial charge < -0.3 is 4.55 Å². The van der Waals surface area contributed by atoms with Crippen molar-refractivity contribution < 1.29 is 87.6 Å². The predicted octanol–water partition coefficient (Wildman–Crippen LogP) is 8.54. The van der Waals surface area contributed by atoms with Crippen LogP contribution >= 0.6 is 0 Å². The number of diazo groups is 1. The molecule has 0 aliphatic heterocycles. The maximum Gasteiger partial charge on any atom is 0.460 e. The van der Waals surface area contributed by atoms with Gasteiger partial charge in [0.1, 0.15) is 10.1 Å². The molecule has 44 heavy (non-hydrogen) atoms. The Morgan fingerprint density at radius 3 is 1.23 bits per heavy atom. The molecule has 0 amide bonds. The van der Waals surface area contributed by atoms with Gasteiger partial charge in [-0.1, -0.05) is 17.7 Å². The molecule has 2 rings (SSSR count). The van der Waals surface area contributed by atoms with Gasteiger partial charge in [-0.15, -0.1) is 0 Å². The van der Waals surface area contributed by atoms with Crippen LogP contribution in [-0.4, -0.2) is 54.7 Å². The molecule has 0 atom stereocenters. The van der Waals surface area contributed by atoms with Crippen molar-refractivity contribution in [3.8, 4) is 0 Å². The number of halogens is 17. The quantitative estimate of drug-likeness (QED) is 0.158. The van der Waals surface area contributed by atoms with Crippen molar-refractivity contribution in [2.24, 2.45) is 0 Å². The van der Waals surface area contributed by atoms with Gasteiger partial charge in [0.25, 0.3) is 0 Å². The minimum Gasteiger partial charge on any atom is -0.744 e. The zero-order chi connectivity index (χ0) is 35.2. The highest BCUT2D eigenvalue weighted by atomic mass is 32.2. The van der Waals surface area contributed by atoms with E-state index < -0.39 is 69.0 Å². The lowest BCUT2D eigenvalue weighted by Crippen LogP contribution is -2.74. The van der Waals surface area contributed by atoms with Crippen LogP contribution in [0.4, 0.5) is 80.3 Å². The normalized spacial score (nSPS) is 14.4. The highest BCUT2D eigenvalue weighted by Crippen LogP contribution is 2.65.